The maximum atomic E-state index is 13.4. The van der Waals surface area contributed by atoms with Gasteiger partial charge >= 0.3 is 6.18 Å². The van der Waals surface area contributed by atoms with Crippen LogP contribution in [0.15, 0.2) is 42.5 Å². The Labute approximate surface area is 171 Å². The Morgan fingerprint density at radius 3 is 2.33 bits per heavy atom. The zero-order valence-corrected chi connectivity index (χ0v) is 16.2. The van der Waals surface area contributed by atoms with Gasteiger partial charge < -0.3 is 15.5 Å². The predicted molar refractivity (Wildman–Crippen MR) is 106 cm³/mol. The summed E-state index contributed by atoms with van der Waals surface area (Å²) in [4.78, 5) is 36.8. The first-order chi connectivity index (χ1) is 14.1. The maximum Gasteiger partial charge on any atom is 0.418 e. The van der Waals surface area contributed by atoms with Crippen molar-refractivity contribution in [3.63, 3.8) is 0 Å². The number of halogens is 3. The van der Waals surface area contributed by atoms with Gasteiger partial charge in [-0.05, 0) is 42.3 Å². The lowest BCUT2D eigenvalue weighted by atomic mass is 10.1. The van der Waals surface area contributed by atoms with Gasteiger partial charge in [-0.1, -0.05) is 12.1 Å². The molecule has 1 aliphatic rings. The third-order valence-electron chi connectivity index (χ3n) is 4.61. The summed E-state index contributed by atoms with van der Waals surface area (Å²) < 4.78 is 40.1. The van der Waals surface area contributed by atoms with Crippen molar-refractivity contribution >= 4 is 34.8 Å². The van der Waals surface area contributed by atoms with Crippen molar-refractivity contribution in [3.8, 4) is 0 Å². The number of carbonyl (C=O) groups is 3. The minimum Gasteiger partial charge on any atom is -0.326 e. The second-order valence-electron chi connectivity index (χ2n) is 6.98. The molecule has 158 valence electrons. The molecule has 0 atom stereocenters. The molecule has 1 heterocycles. The van der Waals surface area contributed by atoms with Crippen LogP contribution in [-0.2, 0) is 27.0 Å². The Bertz CT molecular complexity index is 972. The quantitative estimate of drug-likeness (QED) is 0.770. The van der Waals surface area contributed by atoms with Crippen LogP contribution in [0.25, 0.3) is 0 Å². The summed E-state index contributed by atoms with van der Waals surface area (Å²) in [6.45, 7) is 1.83. The number of nitrogens with zero attached hydrogens (tertiary/aromatic N) is 1. The van der Waals surface area contributed by atoms with Gasteiger partial charge in [0.2, 0.25) is 17.7 Å². The van der Waals surface area contributed by atoms with E-state index in [1.807, 2.05) is 0 Å². The summed E-state index contributed by atoms with van der Waals surface area (Å²) in [6.07, 6.45) is -3.53. The highest BCUT2D eigenvalue weighted by molar-refractivity contribution is 5.96. The van der Waals surface area contributed by atoms with Crippen LogP contribution in [0.4, 0.5) is 30.2 Å². The summed E-state index contributed by atoms with van der Waals surface area (Å²) in [5.41, 5.74) is -0.119. The number of carbonyl (C=O) groups excluding carboxylic acids is 3. The van der Waals surface area contributed by atoms with Gasteiger partial charge in [-0.25, -0.2) is 0 Å². The van der Waals surface area contributed by atoms with Crippen molar-refractivity contribution in [2.75, 3.05) is 22.1 Å². The van der Waals surface area contributed by atoms with Crippen molar-refractivity contribution in [1.29, 1.82) is 0 Å². The molecule has 9 heteroatoms. The average Bonchev–Trinajstić information content (AvgIpc) is 3.08. The van der Waals surface area contributed by atoms with E-state index in [1.54, 1.807) is 29.2 Å². The van der Waals surface area contributed by atoms with Gasteiger partial charge in [0.25, 0.3) is 0 Å². The molecular formula is C21H20F3N3O3. The van der Waals surface area contributed by atoms with Gasteiger partial charge in [0.05, 0.1) is 17.7 Å². The van der Waals surface area contributed by atoms with Crippen molar-refractivity contribution in [2.45, 2.75) is 32.4 Å². The van der Waals surface area contributed by atoms with Crippen molar-refractivity contribution in [1.82, 2.24) is 0 Å². The summed E-state index contributed by atoms with van der Waals surface area (Å²) >= 11 is 0. The highest BCUT2D eigenvalue weighted by Gasteiger charge is 2.34. The monoisotopic (exact) mass is 419 g/mol. The highest BCUT2D eigenvalue weighted by atomic mass is 19.4. The van der Waals surface area contributed by atoms with E-state index in [0.29, 0.717) is 18.5 Å². The Morgan fingerprint density at radius 1 is 1.07 bits per heavy atom. The first kappa shape index (κ1) is 21.4. The second-order valence-corrected chi connectivity index (χ2v) is 6.98. The molecule has 0 spiro atoms. The highest BCUT2D eigenvalue weighted by Crippen LogP contribution is 2.36. The minimum absolute atomic E-state index is 0.0140. The molecule has 3 rings (SSSR count). The molecule has 0 aliphatic carbocycles. The van der Waals surface area contributed by atoms with Crippen LogP contribution in [-0.4, -0.2) is 24.3 Å². The topological polar surface area (TPSA) is 78.5 Å². The molecule has 1 aliphatic heterocycles. The number of rotatable bonds is 5. The first-order valence-electron chi connectivity index (χ1n) is 9.31. The molecule has 0 saturated carbocycles. The molecule has 1 saturated heterocycles. The van der Waals surface area contributed by atoms with E-state index in [1.165, 1.54) is 13.0 Å². The number of anilines is 3. The molecule has 0 radical (unpaired) electrons. The van der Waals surface area contributed by atoms with E-state index in [0.717, 1.165) is 24.2 Å². The van der Waals surface area contributed by atoms with Crippen LogP contribution in [0, 0.1) is 0 Å². The largest absolute Gasteiger partial charge is 0.418 e. The fourth-order valence-electron chi connectivity index (χ4n) is 3.26. The number of nitrogens with one attached hydrogen (secondary N) is 2. The number of benzene rings is 2. The molecule has 3 amide bonds. The van der Waals surface area contributed by atoms with Gasteiger partial charge in [0, 0.05) is 31.3 Å². The fraction of sp³-hybridized carbons (Fsp3) is 0.286. The van der Waals surface area contributed by atoms with Gasteiger partial charge in [-0.3, -0.25) is 14.4 Å². The lowest BCUT2D eigenvalue weighted by Gasteiger charge is -2.17. The lowest BCUT2D eigenvalue weighted by molar-refractivity contribution is -0.137. The number of hydrogen-bond donors (Lipinski definition) is 2. The Balaban J connectivity index is 1.71. The van der Waals surface area contributed by atoms with E-state index >= 15 is 0 Å². The molecule has 2 aromatic carbocycles. The maximum absolute atomic E-state index is 13.4. The standard InChI is InChI=1S/C21H20F3N3O3/c1-13(28)25-15-6-9-18(17(12-15)21(22,23)24)26-19(29)11-14-4-7-16(8-5-14)27-10-2-3-20(27)30/h4-9,12H,2-3,10-11H2,1H3,(H,25,28)(H,26,29). The third kappa shape index (κ3) is 5.16. The zero-order valence-electron chi connectivity index (χ0n) is 16.2. The van der Waals surface area contributed by atoms with E-state index in [9.17, 15) is 27.6 Å². The van der Waals surface area contributed by atoms with Crippen LogP contribution < -0.4 is 15.5 Å². The molecule has 0 unspecified atom stereocenters. The van der Waals surface area contributed by atoms with Crippen molar-refractivity contribution in [2.24, 2.45) is 0 Å². The SMILES string of the molecule is CC(=O)Nc1ccc(NC(=O)Cc2ccc(N3CCCC3=O)cc2)c(C(F)(F)F)c1. The zero-order chi connectivity index (χ0) is 21.9. The smallest absolute Gasteiger partial charge is 0.326 e. The molecule has 6 nitrogen and oxygen atoms in total. The van der Waals surface area contributed by atoms with E-state index in [-0.39, 0.29) is 23.7 Å². The molecule has 0 aromatic heterocycles. The van der Waals surface area contributed by atoms with Crippen molar-refractivity contribution < 1.29 is 27.6 Å². The van der Waals surface area contributed by atoms with Gasteiger partial charge in [-0.2, -0.15) is 13.2 Å². The summed E-state index contributed by atoms with van der Waals surface area (Å²) in [5, 5.41) is 4.58. The third-order valence-corrected chi connectivity index (χ3v) is 4.61. The van der Waals surface area contributed by atoms with Gasteiger partial charge in [-0.15, -0.1) is 0 Å². The van der Waals surface area contributed by atoms with Crippen LogP contribution in [0.1, 0.15) is 30.9 Å². The number of amides is 3. The number of hydrogen-bond acceptors (Lipinski definition) is 3. The minimum atomic E-state index is -4.71. The summed E-state index contributed by atoms with van der Waals surface area (Å²) in [6, 6.07) is 9.95. The van der Waals surface area contributed by atoms with Crippen LogP contribution in [0.2, 0.25) is 0 Å². The number of alkyl halides is 3. The molecule has 1 fully saturated rings. The Morgan fingerprint density at radius 2 is 1.77 bits per heavy atom. The normalized spacial score (nSPS) is 14.0. The fourth-order valence-corrected chi connectivity index (χ4v) is 3.26. The van der Waals surface area contributed by atoms with E-state index in [4.69, 9.17) is 0 Å². The van der Waals surface area contributed by atoms with Crippen LogP contribution in [0.3, 0.4) is 0 Å². The van der Waals surface area contributed by atoms with Gasteiger partial charge in [0.1, 0.15) is 0 Å². The van der Waals surface area contributed by atoms with E-state index < -0.39 is 23.6 Å². The van der Waals surface area contributed by atoms with Crippen LogP contribution in [0.5, 0.6) is 0 Å². The summed E-state index contributed by atoms with van der Waals surface area (Å²) in [5.74, 6) is -1.07. The first-order valence-corrected chi connectivity index (χ1v) is 9.31. The van der Waals surface area contributed by atoms with Crippen molar-refractivity contribution in [3.05, 3.63) is 53.6 Å². The lowest BCUT2D eigenvalue weighted by Crippen LogP contribution is -2.23. The summed E-state index contributed by atoms with van der Waals surface area (Å²) in [7, 11) is 0. The van der Waals surface area contributed by atoms with Crippen LogP contribution >= 0.6 is 0 Å². The molecule has 0 bridgehead atoms. The van der Waals surface area contributed by atoms with E-state index in [2.05, 4.69) is 10.6 Å². The molecule has 30 heavy (non-hydrogen) atoms. The Hall–Kier alpha value is -3.36. The molecule has 2 N–H and O–H groups in total. The average molecular weight is 419 g/mol. The molecular weight excluding hydrogens is 399 g/mol. The second kappa shape index (κ2) is 8.56. The Kier molecular flexibility index (Phi) is 6.09. The van der Waals surface area contributed by atoms with Gasteiger partial charge in [0.15, 0.2) is 0 Å². The molecule has 2 aromatic rings. The predicted octanol–water partition coefficient (Wildman–Crippen LogP) is 3.97.